The van der Waals surface area contributed by atoms with Crippen LogP contribution in [0, 0.1) is 0 Å². The fourth-order valence-corrected chi connectivity index (χ4v) is 2.02. The molecule has 3 nitrogen and oxygen atoms in total. The first kappa shape index (κ1) is 13.0. The molecular weight excluding hydrogens is 245 g/mol. The molecule has 0 spiro atoms. The van der Waals surface area contributed by atoms with Crippen LogP contribution in [0.4, 0.5) is 18.9 Å². The molecule has 0 atom stereocenters. The number of rotatable bonds is 2. The third-order valence-corrected chi connectivity index (χ3v) is 2.77. The molecule has 0 bridgehead atoms. The number of nitrogens with zero attached hydrogens (tertiary/aromatic N) is 1. The minimum atomic E-state index is -4.65. The molecular formula is C12H15F3N2O. The molecule has 1 heterocycles. The molecule has 6 heteroatoms. The summed E-state index contributed by atoms with van der Waals surface area (Å²) in [6, 6.07) is 6.27. The van der Waals surface area contributed by atoms with Gasteiger partial charge in [0.1, 0.15) is 0 Å². The molecule has 1 aromatic rings. The standard InChI is InChI=1S/C12H15F3N2O/c13-12(14,15)18-11-5-2-1-4-10(11)17-8-3-6-16-7-9-17/h1-2,4-5,16H,3,6-9H2. The van der Waals surface area contributed by atoms with Crippen molar-refractivity contribution in [3.05, 3.63) is 24.3 Å². The van der Waals surface area contributed by atoms with Crippen LogP contribution in [0.1, 0.15) is 6.42 Å². The zero-order chi connectivity index (χ0) is 13.0. The molecule has 0 unspecified atom stereocenters. The number of alkyl halides is 3. The van der Waals surface area contributed by atoms with Crippen molar-refractivity contribution in [2.45, 2.75) is 12.8 Å². The molecule has 1 aliphatic heterocycles. The Hall–Kier alpha value is -1.43. The van der Waals surface area contributed by atoms with E-state index >= 15 is 0 Å². The van der Waals surface area contributed by atoms with E-state index in [1.54, 1.807) is 18.2 Å². The summed E-state index contributed by atoms with van der Waals surface area (Å²) in [4.78, 5) is 1.92. The molecule has 1 aromatic carbocycles. The first-order valence-electron chi connectivity index (χ1n) is 5.87. The quantitative estimate of drug-likeness (QED) is 0.883. The highest BCUT2D eigenvalue weighted by molar-refractivity contribution is 5.58. The van der Waals surface area contributed by atoms with E-state index in [9.17, 15) is 13.2 Å². The summed E-state index contributed by atoms with van der Waals surface area (Å²) in [5.41, 5.74) is 0.499. The van der Waals surface area contributed by atoms with E-state index in [4.69, 9.17) is 0 Å². The van der Waals surface area contributed by atoms with Gasteiger partial charge in [0.15, 0.2) is 5.75 Å². The Morgan fingerprint density at radius 3 is 2.67 bits per heavy atom. The maximum Gasteiger partial charge on any atom is 0.573 e. The van der Waals surface area contributed by atoms with Crippen molar-refractivity contribution in [2.24, 2.45) is 0 Å². The number of halogens is 3. The zero-order valence-corrected chi connectivity index (χ0v) is 9.83. The molecule has 18 heavy (non-hydrogen) atoms. The van der Waals surface area contributed by atoms with Gasteiger partial charge in [-0.1, -0.05) is 12.1 Å². The summed E-state index contributed by atoms with van der Waals surface area (Å²) in [5, 5.41) is 3.21. The van der Waals surface area contributed by atoms with Gasteiger partial charge < -0.3 is 15.0 Å². The van der Waals surface area contributed by atoms with Gasteiger partial charge in [-0.05, 0) is 25.1 Å². The van der Waals surface area contributed by atoms with Crippen molar-refractivity contribution in [1.82, 2.24) is 5.32 Å². The van der Waals surface area contributed by atoms with Gasteiger partial charge in [-0.25, -0.2) is 0 Å². The van der Waals surface area contributed by atoms with Crippen LogP contribution in [0.2, 0.25) is 0 Å². The first-order valence-corrected chi connectivity index (χ1v) is 5.87. The minimum Gasteiger partial charge on any atom is -0.404 e. The molecule has 1 N–H and O–H groups in total. The Morgan fingerprint density at radius 1 is 1.11 bits per heavy atom. The van der Waals surface area contributed by atoms with Gasteiger partial charge in [-0.15, -0.1) is 13.2 Å². The van der Waals surface area contributed by atoms with Crippen LogP contribution < -0.4 is 15.0 Å². The smallest absolute Gasteiger partial charge is 0.404 e. The molecule has 0 aliphatic carbocycles. The van der Waals surface area contributed by atoms with Crippen molar-refractivity contribution >= 4 is 5.69 Å². The predicted molar refractivity (Wildman–Crippen MR) is 62.8 cm³/mol. The van der Waals surface area contributed by atoms with Crippen molar-refractivity contribution in [2.75, 3.05) is 31.1 Å². The molecule has 2 rings (SSSR count). The lowest BCUT2D eigenvalue weighted by atomic mass is 10.2. The Morgan fingerprint density at radius 2 is 1.89 bits per heavy atom. The highest BCUT2D eigenvalue weighted by Crippen LogP contribution is 2.32. The Kier molecular flexibility index (Phi) is 3.96. The second-order valence-electron chi connectivity index (χ2n) is 4.11. The largest absolute Gasteiger partial charge is 0.573 e. The van der Waals surface area contributed by atoms with Crippen LogP contribution in [0.5, 0.6) is 5.75 Å². The van der Waals surface area contributed by atoms with Crippen LogP contribution >= 0.6 is 0 Å². The van der Waals surface area contributed by atoms with Gasteiger partial charge in [0.05, 0.1) is 5.69 Å². The topological polar surface area (TPSA) is 24.5 Å². The number of benzene rings is 1. The number of ether oxygens (including phenoxy) is 1. The third-order valence-electron chi connectivity index (χ3n) is 2.77. The minimum absolute atomic E-state index is 0.132. The molecule has 0 saturated carbocycles. The summed E-state index contributed by atoms with van der Waals surface area (Å²) in [6.45, 7) is 3.06. The predicted octanol–water partition coefficient (Wildman–Crippen LogP) is 2.38. The molecule has 100 valence electrons. The second-order valence-corrected chi connectivity index (χ2v) is 4.11. The molecule has 1 saturated heterocycles. The summed E-state index contributed by atoms with van der Waals surface area (Å²) >= 11 is 0. The number of anilines is 1. The molecule has 0 amide bonds. The highest BCUT2D eigenvalue weighted by atomic mass is 19.4. The lowest BCUT2D eigenvalue weighted by Gasteiger charge is -2.25. The fourth-order valence-electron chi connectivity index (χ4n) is 2.02. The summed E-state index contributed by atoms with van der Waals surface area (Å²) in [5.74, 6) is -0.132. The van der Waals surface area contributed by atoms with Gasteiger partial charge in [-0.3, -0.25) is 0 Å². The van der Waals surface area contributed by atoms with Crippen molar-refractivity contribution in [3.63, 3.8) is 0 Å². The molecule has 1 aliphatic rings. The molecule has 0 aromatic heterocycles. The van der Waals surface area contributed by atoms with E-state index in [0.29, 0.717) is 12.2 Å². The normalized spacial score (nSPS) is 17.4. The third kappa shape index (κ3) is 3.53. The fraction of sp³-hybridized carbons (Fsp3) is 0.500. The lowest BCUT2D eigenvalue weighted by Crippen LogP contribution is -2.29. The van der Waals surface area contributed by atoms with E-state index in [2.05, 4.69) is 10.1 Å². The Balaban J connectivity index is 2.20. The number of hydrogen-bond acceptors (Lipinski definition) is 3. The van der Waals surface area contributed by atoms with E-state index in [1.807, 2.05) is 4.90 Å². The van der Waals surface area contributed by atoms with Gasteiger partial charge in [-0.2, -0.15) is 0 Å². The van der Waals surface area contributed by atoms with E-state index in [0.717, 1.165) is 26.1 Å². The van der Waals surface area contributed by atoms with E-state index in [-0.39, 0.29) is 5.75 Å². The van der Waals surface area contributed by atoms with Gasteiger partial charge in [0.25, 0.3) is 0 Å². The summed E-state index contributed by atoms with van der Waals surface area (Å²) in [6.07, 6.45) is -3.75. The maximum absolute atomic E-state index is 12.3. The summed E-state index contributed by atoms with van der Waals surface area (Å²) < 4.78 is 41.0. The van der Waals surface area contributed by atoms with Gasteiger partial charge >= 0.3 is 6.36 Å². The van der Waals surface area contributed by atoms with E-state index < -0.39 is 6.36 Å². The van der Waals surface area contributed by atoms with Crippen molar-refractivity contribution in [1.29, 1.82) is 0 Å². The summed E-state index contributed by atoms with van der Waals surface area (Å²) in [7, 11) is 0. The van der Waals surface area contributed by atoms with Crippen molar-refractivity contribution < 1.29 is 17.9 Å². The van der Waals surface area contributed by atoms with Gasteiger partial charge in [0, 0.05) is 19.6 Å². The first-order chi connectivity index (χ1) is 8.56. The van der Waals surface area contributed by atoms with Crippen LogP contribution in [0.3, 0.4) is 0 Å². The average molecular weight is 260 g/mol. The van der Waals surface area contributed by atoms with Crippen molar-refractivity contribution in [3.8, 4) is 5.75 Å². The number of para-hydroxylation sites is 2. The average Bonchev–Trinajstić information content (AvgIpc) is 2.56. The number of nitrogens with one attached hydrogen (secondary N) is 1. The Labute approximate surface area is 104 Å². The SMILES string of the molecule is FC(F)(F)Oc1ccccc1N1CCCNCC1. The van der Waals surface area contributed by atoms with Gasteiger partial charge in [0.2, 0.25) is 0 Å². The number of hydrogen-bond donors (Lipinski definition) is 1. The molecule has 1 fully saturated rings. The Bertz CT molecular complexity index is 387. The highest BCUT2D eigenvalue weighted by Gasteiger charge is 2.32. The van der Waals surface area contributed by atoms with Crippen LogP contribution in [0.25, 0.3) is 0 Å². The van der Waals surface area contributed by atoms with E-state index in [1.165, 1.54) is 6.07 Å². The zero-order valence-electron chi connectivity index (χ0n) is 9.83. The monoisotopic (exact) mass is 260 g/mol. The van der Waals surface area contributed by atoms with Crippen LogP contribution in [0.15, 0.2) is 24.3 Å². The van der Waals surface area contributed by atoms with Crippen LogP contribution in [-0.4, -0.2) is 32.5 Å². The second kappa shape index (κ2) is 5.48. The molecule has 0 radical (unpaired) electrons. The lowest BCUT2D eigenvalue weighted by molar-refractivity contribution is -0.274. The van der Waals surface area contributed by atoms with Crippen LogP contribution in [-0.2, 0) is 0 Å². The maximum atomic E-state index is 12.3.